The third-order valence-electron chi connectivity index (χ3n) is 6.41. The van der Waals surface area contributed by atoms with E-state index in [1.165, 1.54) is 12.0 Å². The highest BCUT2D eigenvalue weighted by Crippen LogP contribution is 2.31. The lowest BCUT2D eigenvalue weighted by Crippen LogP contribution is -2.48. The van der Waals surface area contributed by atoms with E-state index in [4.69, 9.17) is 0 Å². The van der Waals surface area contributed by atoms with Crippen LogP contribution in [-0.2, 0) is 13.6 Å². The number of rotatable bonds is 2. The molecule has 2 atom stereocenters. The summed E-state index contributed by atoms with van der Waals surface area (Å²) in [5.41, 5.74) is 3.82. The van der Waals surface area contributed by atoms with Gasteiger partial charge in [0.1, 0.15) is 0 Å². The first kappa shape index (κ1) is 20.0. The van der Waals surface area contributed by atoms with Crippen LogP contribution < -0.4 is 5.32 Å². The average molecular weight is 396 g/mol. The van der Waals surface area contributed by atoms with Gasteiger partial charge >= 0.3 is 0 Å². The minimum atomic E-state index is 0.0804. The third kappa shape index (κ3) is 4.04. The zero-order valence-electron chi connectivity index (χ0n) is 18.1. The molecule has 4 rings (SSSR count). The summed E-state index contributed by atoms with van der Waals surface area (Å²) in [6, 6.07) is 9.85. The van der Waals surface area contributed by atoms with E-state index < -0.39 is 0 Å². The molecule has 1 saturated heterocycles. The highest BCUT2D eigenvalue weighted by Gasteiger charge is 2.37. The SMILES string of the molecule is Cc1nn(C)cc1C(=O)N1Cc2ccccc2NCC[C@H]2CC[C@@H](C1)N2C(C)C. The summed E-state index contributed by atoms with van der Waals surface area (Å²) >= 11 is 0. The molecule has 29 heavy (non-hydrogen) atoms. The van der Waals surface area contributed by atoms with Crippen molar-refractivity contribution in [1.82, 2.24) is 19.6 Å². The lowest BCUT2D eigenvalue weighted by Gasteiger charge is -2.36. The van der Waals surface area contributed by atoms with Gasteiger partial charge < -0.3 is 10.2 Å². The Kier molecular flexibility index (Phi) is 5.63. The van der Waals surface area contributed by atoms with Crippen molar-refractivity contribution in [2.45, 2.75) is 64.7 Å². The molecule has 0 spiro atoms. The van der Waals surface area contributed by atoms with Gasteiger partial charge in [-0.05, 0) is 51.7 Å². The van der Waals surface area contributed by atoms with Gasteiger partial charge in [-0.25, -0.2) is 0 Å². The number of anilines is 1. The lowest BCUT2D eigenvalue weighted by molar-refractivity contribution is 0.0633. The van der Waals surface area contributed by atoms with Gasteiger partial charge in [0.2, 0.25) is 0 Å². The fraction of sp³-hybridized carbons (Fsp3) is 0.565. The topological polar surface area (TPSA) is 53.4 Å². The maximum atomic E-state index is 13.6. The first-order valence-electron chi connectivity index (χ1n) is 10.8. The van der Waals surface area contributed by atoms with E-state index in [1.54, 1.807) is 4.68 Å². The number of hydrogen-bond acceptors (Lipinski definition) is 4. The quantitative estimate of drug-likeness (QED) is 0.846. The molecule has 2 aliphatic heterocycles. The van der Waals surface area contributed by atoms with Gasteiger partial charge in [-0.3, -0.25) is 14.4 Å². The van der Waals surface area contributed by atoms with E-state index in [0.717, 1.165) is 37.3 Å². The molecule has 0 saturated carbocycles. The zero-order chi connectivity index (χ0) is 20.5. The molecule has 6 nitrogen and oxygen atoms in total. The Labute approximate surface area is 173 Å². The average Bonchev–Trinajstić information content (AvgIpc) is 3.22. The maximum Gasteiger partial charge on any atom is 0.257 e. The van der Waals surface area contributed by atoms with Crippen molar-refractivity contribution >= 4 is 11.6 Å². The molecule has 156 valence electrons. The van der Waals surface area contributed by atoms with E-state index in [1.807, 2.05) is 25.1 Å². The molecule has 0 unspecified atom stereocenters. The number of aromatic nitrogens is 2. The Hall–Kier alpha value is -2.34. The number of nitrogens with one attached hydrogen (secondary N) is 1. The highest BCUT2D eigenvalue weighted by molar-refractivity contribution is 5.95. The van der Waals surface area contributed by atoms with Crippen LogP contribution >= 0.6 is 0 Å². The molecule has 2 aromatic rings. The van der Waals surface area contributed by atoms with E-state index in [2.05, 4.69) is 53.4 Å². The number of benzene rings is 1. The van der Waals surface area contributed by atoms with Gasteiger partial charge in [0.25, 0.3) is 5.91 Å². The number of para-hydroxylation sites is 1. The molecule has 1 fully saturated rings. The largest absolute Gasteiger partial charge is 0.385 e. The van der Waals surface area contributed by atoms with Crippen LogP contribution in [0.3, 0.4) is 0 Å². The van der Waals surface area contributed by atoms with Gasteiger partial charge in [0.05, 0.1) is 11.3 Å². The van der Waals surface area contributed by atoms with Crippen molar-refractivity contribution in [3.05, 3.63) is 47.3 Å². The standard InChI is InChI=1S/C23H33N5O/c1-16(2)28-19-9-10-20(28)14-27(23(29)21-15-26(4)25-17(21)3)13-18-7-5-6-8-22(18)24-12-11-19/h5-8,15-16,19-20,24H,9-14H2,1-4H3/t19-,20+/m1/s1. The van der Waals surface area contributed by atoms with Crippen molar-refractivity contribution < 1.29 is 4.79 Å². The first-order chi connectivity index (χ1) is 13.9. The van der Waals surface area contributed by atoms with Crippen LogP contribution in [0.1, 0.15) is 54.7 Å². The molecular weight excluding hydrogens is 362 g/mol. The number of aryl methyl sites for hydroxylation is 2. The van der Waals surface area contributed by atoms with Crippen molar-refractivity contribution in [3.63, 3.8) is 0 Å². The summed E-state index contributed by atoms with van der Waals surface area (Å²) in [7, 11) is 1.87. The molecule has 1 aromatic heterocycles. The molecule has 2 bridgehead atoms. The van der Waals surface area contributed by atoms with Crippen LogP contribution in [0.5, 0.6) is 0 Å². The number of hydrogen-bond donors (Lipinski definition) is 1. The monoisotopic (exact) mass is 395 g/mol. The smallest absolute Gasteiger partial charge is 0.257 e. The Bertz CT molecular complexity index is 874. The Morgan fingerprint density at radius 1 is 1.17 bits per heavy atom. The summed E-state index contributed by atoms with van der Waals surface area (Å²) in [6.45, 7) is 8.82. The molecule has 6 heteroatoms. The summed E-state index contributed by atoms with van der Waals surface area (Å²) in [6.07, 6.45) is 5.35. The van der Waals surface area contributed by atoms with Crippen LogP contribution in [0.15, 0.2) is 30.5 Å². The third-order valence-corrected chi connectivity index (χ3v) is 6.41. The van der Waals surface area contributed by atoms with E-state index >= 15 is 0 Å². The van der Waals surface area contributed by atoms with Crippen molar-refractivity contribution in [3.8, 4) is 0 Å². The second kappa shape index (κ2) is 8.19. The van der Waals surface area contributed by atoms with Crippen LogP contribution in [-0.4, -0.2) is 56.7 Å². The lowest BCUT2D eigenvalue weighted by atomic mass is 10.1. The summed E-state index contributed by atoms with van der Waals surface area (Å²) in [5.74, 6) is 0.0804. The van der Waals surface area contributed by atoms with Gasteiger partial charge in [0, 0.05) is 56.7 Å². The molecule has 3 heterocycles. The van der Waals surface area contributed by atoms with Crippen LogP contribution in [0, 0.1) is 6.92 Å². The highest BCUT2D eigenvalue weighted by atomic mass is 16.2. The van der Waals surface area contributed by atoms with Crippen LogP contribution in [0.25, 0.3) is 0 Å². The molecule has 0 aliphatic carbocycles. The van der Waals surface area contributed by atoms with Crippen LogP contribution in [0.4, 0.5) is 5.69 Å². The molecule has 1 aromatic carbocycles. The van der Waals surface area contributed by atoms with Gasteiger partial charge in [-0.1, -0.05) is 18.2 Å². The van der Waals surface area contributed by atoms with E-state index in [9.17, 15) is 4.79 Å². The van der Waals surface area contributed by atoms with Gasteiger partial charge in [0.15, 0.2) is 0 Å². The summed E-state index contributed by atoms with van der Waals surface area (Å²) in [5, 5.41) is 8.04. The summed E-state index contributed by atoms with van der Waals surface area (Å²) in [4.78, 5) is 18.3. The van der Waals surface area contributed by atoms with Crippen molar-refractivity contribution in [2.75, 3.05) is 18.4 Å². The Balaban J connectivity index is 1.71. The van der Waals surface area contributed by atoms with E-state index in [-0.39, 0.29) is 5.91 Å². The second-order valence-electron chi connectivity index (χ2n) is 8.79. The fourth-order valence-corrected chi connectivity index (χ4v) is 5.17. The minimum absolute atomic E-state index is 0.0804. The first-order valence-corrected chi connectivity index (χ1v) is 10.8. The normalized spacial score (nSPS) is 22.9. The number of fused-ring (bicyclic) bond motifs is 3. The minimum Gasteiger partial charge on any atom is -0.385 e. The molecule has 1 amide bonds. The van der Waals surface area contributed by atoms with Crippen LogP contribution in [0.2, 0.25) is 0 Å². The molecule has 1 N–H and O–H groups in total. The Morgan fingerprint density at radius 2 is 1.93 bits per heavy atom. The predicted molar refractivity (Wildman–Crippen MR) is 116 cm³/mol. The molecular formula is C23H33N5O. The molecule has 2 aliphatic rings. The molecule has 0 radical (unpaired) electrons. The van der Waals surface area contributed by atoms with Crippen molar-refractivity contribution in [2.24, 2.45) is 7.05 Å². The van der Waals surface area contributed by atoms with E-state index in [0.29, 0.717) is 30.2 Å². The van der Waals surface area contributed by atoms with Gasteiger partial charge in [-0.2, -0.15) is 5.10 Å². The second-order valence-corrected chi connectivity index (χ2v) is 8.79. The van der Waals surface area contributed by atoms with Gasteiger partial charge in [-0.15, -0.1) is 0 Å². The predicted octanol–water partition coefficient (Wildman–Crippen LogP) is 3.43. The van der Waals surface area contributed by atoms with Crippen molar-refractivity contribution in [1.29, 1.82) is 0 Å². The number of nitrogens with zero attached hydrogens (tertiary/aromatic N) is 4. The summed E-state index contributed by atoms with van der Waals surface area (Å²) < 4.78 is 1.73. The Morgan fingerprint density at radius 3 is 2.66 bits per heavy atom. The number of carbonyl (C=O) groups excluding carboxylic acids is 1. The zero-order valence-corrected chi connectivity index (χ0v) is 18.1. The maximum absolute atomic E-state index is 13.6. The number of amides is 1. The number of carbonyl (C=O) groups is 1. The fourth-order valence-electron chi connectivity index (χ4n) is 5.17.